The van der Waals surface area contributed by atoms with Gasteiger partial charge in [-0.15, -0.1) is 0 Å². The van der Waals surface area contributed by atoms with Crippen LogP contribution in [0.15, 0.2) is 40.9 Å². The average Bonchev–Trinajstić information content (AvgIpc) is 2.48. The van der Waals surface area contributed by atoms with Gasteiger partial charge in [-0.05, 0) is 47.6 Å². The maximum Gasteiger partial charge on any atom is 0.105 e. The first-order valence-electron chi connectivity index (χ1n) is 7.13. The van der Waals surface area contributed by atoms with Crippen molar-refractivity contribution < 1.29 is 5.11 Å². The summed E-state index contributed by atoms with van der Waals surface area (Å²) >= 11 is 3.58. The van der Waals surface area contributed by atoms with E-state index >= 15 is 0 Å². The Balaban J connectivity index is 2.43. The second-order valence-corrected chi connectivity index (χ2v) is 5.91. The van der Waals surface area contributed by atoms with Gasteiger partial charge in [-0.2, -0.15) is 0 Å². The summed E-state index contributed by atoms with van der Waals surface area (Å²) in [5.74, 6) is 0. The van der Waals surface area contributed by atoms with E-state index in [0.29, 0.717) is 0 Å². The number of halogens is 1. The van der Waals surface area contributed by atoms with E-state index in [2.05, 4.69) is 41.9 Å². The molecule has 2 aromatic carbocycles. The summed E-state index contributed by atoms with van der Waals surface area (Å²) in [6.07, 6.45) is 1.45. The molecule has 0 saturated heterocycles. The number of hydrogen-bond acceptors (Lipinski definition) is 1. The molecular weight excluding hydrogens is 312 g/mol. The van der Waals surface area contributed by atoms with Crippen molar-refractivity contribution in [2.45, 2.75) is 39.7 Å². The van der Waals surface area contributed by atoms with Gasteiger partial charge >= 0.3 is 0 Å². The van der Waals surface area contributed by atoms with E-state index in [9.17, 15) is 5.11 Å². The van der Waals surface area contributed by atoms with Gasteiger partial charge in [0.15, 0.2) is 0 Å². The first-order chi connectivity index (χ1) is 9.58. The lowest BCUT2D eigenvalue weighted by Crippen LogP contribution is -2.03. The predicted octanol–water partition coefficient (Wildman–Crippen LogP) is 4.96. The van der Waals surface area contributed by atoms with Crippen LogP contribution < -0.4 is 0 Å². The number of rotatable bonds is 4. The standard InChI is InChI=1S/C18H21BrO/c1-4-13-9-10-15(11-14(13)5-2)18(20)16-8-6-7-12(3)17(16)19/h6-11,18,20H,4-5H2,1-3H3. The Hall–Kier alpha value is -1.12. The summed E-state index contributed by atoms with van der Waals surface area (Å²) in [4.78, 5) is 0. The third-order valence-electron chi connectivity index (χ3n) is 3.82. The molecule has 1 unspecified atom stereocenters. The van der Waals surface area contributed by atoms with Crippen molar-refractivity contribution in [1.82, 2.24) is 0 Å². The Morgan fingerprint density at radius 3 is 2.40 bits per heavy atom. The molecule has 0 amide bonds. The number of hydrogen-bond donors (Lipinski definition) is 1. The number of aryl methyl sites for hydroxylation is 3. The lowest BCUT2D eigenvalue weighted by Gasteiger charge is -2.17. The third-order valence-corrected chi connectivity index (χ3v) is 4.91. The molecular formula is C18H21BrO. The Kier molecular flexibility index (Phi) is 5.00. The Bertz CT molecular complexity index is 604. The largest absolute Gasteiger partial charge is 0.384 e. The van der Waals surface area contributed by atoms with Crippen LogP contribution in [0.4, 0.5) is 0 Å². The maximum atomic E-state index is 10.7. The van der Waals surface area contributed by atoms with E-state index in [4.69, 9.17) is 0 Å². The number of aliphatic hydroxyl groups excluding tert-OH is 1. The van der Waals surface area contributed by atoms with Crippen molar-refractivity contribution in [3.8, 4) is 0 Å². The fourth-order valence-electron chi connectivity index (χ4n) is 2.55. The topological polar surface area (TPSA) is 20.2 Å². The molecule has 106 valence electrons. The molecule has 0 aliphatic carbocycles. The SMILES string of the molecule is CCc1ccc(C(O)c2cccc(C)c2Br)cc1CC. The van der Waals surface area contributed by atoms with E-state index in [1.54, 1.807) is 0 Å². The fraction of sp³-hybridized carbons (Fsp3) is 0.333. The zero-order valence-corrected chi connectivity index (χ0v) is 13.9. The Morgan fingerprint density at radius 1 is 1.05 bits per heavy atom. The van der Waals surface area contributed by atoms with Crippen LogP contribution in [0.5, 0.6) is 0 Å². The molecule has 1 atom stereocenters. The second kappa shape index (κ2) is 6.55. The van der Waals surface area contributed by atoms with Gasteiger partial charge in [0.2, 0.25) is 0 Å². The summed E-state index contributed by atoms with van der Waals surface area (Å²) in [5, 5.41) is 10.7. The van der Waals surface area contributed by atoms with Crippen molar-refractivity contribution in [2.75, 3.05) is 0 Å². The van der Waals surface area contributed by atoms with Gasteiger partial charge < -0.3 is 5.11 Å². The molecule has 2 heteroatoms. The maximum absolute atomic E-state index is 10.7. The monoisotopic (exact) mass is 332 g/mol. The van der Waals surface area contributed by atoms with Crippen LogP contribution in [-0.2, 0) is 12.8 Å². The molecule has 0 aliphatic heterocycles. The zero-order valence-electron chi connectivity index (χ0n) is 12.3. The summed E-state index contributed by atoms with van der Waals surface area (Å²) in [6, 6.07) is 12.3. The lowest BCUT2D eigenvalue weighted by molar-refractivity contribution is 0.219. The molecule has 0 fully saturated rings. The fourth-order valence-corrected chi connectivity index (χ4v) is 3.03. The highest BCUT2D eigenvalue weighted by atomic mass is 79.9. The molecule has 1 nitrogen and oxygen atoms in total. The number of aliphatic hydroxyl groups is 1. The minimum Gasteiger partial charge on any atom is -0.384 e. The van der Waals surface area contributed by atoms with Crippen LogP contribution in [-0.4, -0.2) is 5.11 Å². The minimum atomic E-state index is -0.583. The molecule has 0 radical (unpaired) electrons. The zero-order chi connectivity index (χ0) is 14.7. The summed E-state index contributed by atoms with van der Waals surface area (Å²) < 4.78 is 0.991. The summed E-state index contributed by atoms with van der Waals surface area (Å²) in [6.45, 7) is 6.37. The first-order valence-corrected chi connectivity index (χ1v) is 7.92. The Labute approximate surface area is 129 Å². The van der Waals surface area contributed by atoms with Crippen LogP contribution in [0.1, 0.15) is 47.8 Å². The van der Waals surface area contributed by atoms with Crippen molar-refractivity contribution in [3.63, 3.8) is 0 Å². The molecule has 1 N–H and O–H groups in total. The van der Waals surface area contributed by atoms with E-state index < -0.39 is 6.10 Å². The van der Waals surface area contributed by atoms with Gasteiger partial charge in [-0.3, -0.25) is 0 Å². The number of benzene rings is 2. The third kappa shape index (κ3) is 2.97. The molecule has 0 aliphatic rings. The van der Waals surface area contributed by atoms with Crippen molar-refractivity contribution in [3.05, 3.63) is 68.7 Å². The van der Waals surface area contributed by atoms with Gasteiger partial charge in [-0.25, -0.2) is 0 Å². The van der Waals surface area contributed by atoms with Crippen LogP contribution in [0, 0.1) is 6.92 Å². The van der Waals surface area contributed by atoms with Gasteiger partial charge in [0, 0.05) is 4.47 Å². The predicted molar refractivity (Wildman–Crippen MR) is 88.1 cm³/mol. The van der Waals surface area contributed by atoms with E-state index in [1.165, 1.54) is 11.1 Å². The second-order valence-electron chi connectivity index (χ2n) is 5.12. The molecule has 2 aromatic rings. The summed E-state index contributed by atoms with van der Waals surface area (Å²) in [7, 11) is 0. The van der Waals surface area contributed by atoms with Crippen LogP contribution in [0.3, 0.4) is 0 Å². The highest BCUT2D eigenvalue weighted by molar-refractivity contribution is 9.10. The molecule has 0 heterocycles. The minimum absolute atomic E-state index is 0.583. The van der Waals surface area contributed by atoms with Crippen LogP contribution in [0.25, 0.3) is 0 Å². The van der Waals surface area contributed by atoms with Gasteiger partial charge in [0.1, 0.15) is 6.10 Å². The van der Waals surface area contributed by atoms with E-state index in [0.717, 1.165) is 34.0 Å². The first kappa shape index (κ1) is 15.3. The van der Waals surface area contributed by atoms with Crippen molar-refractivity contribution in [1.29, 1.82) is 0 Å². The highest BCUT2D eigenvalue weighted by Crippen LogP contribution is 2.31. The summed E-state index contributed by atoms with van der Waals surface area (Å²) in [5.41, 5.74) is 5.73. The van der Waals surface area contributed by atoms with Crippen LogP contribution in [0.2, 0.25) is 0 Å². The normalized spacial score (nSPS) is 12.4. The van der Waals surface area contributed by atoms with E-state index in [1.807, 2.05) is 31.2 Å². The quantitative estimate of drug-likeness (QED) is 0.838. The molecule has 20 heavy (non-hydrogen) atoms. The Morgan fingerprint density at radius 2 is 1.75 bits per heavy atom. The van der Waals surface area contributed by atoms with Crippen molar-refractivity contribution >= 4 is 15.9 Å². The smallest absolute Gasteiger partial charge is 0.105 e. The molecule has 0 bridgehead atoms. The molecule has 2 rings (SSSR count). The van der Waals surface area contributed by atoms with Crippen LogP contribution >= 0.6 is 15.9 Å². The van der Waals surface area contributed by atoms with Gasteiger partial charge in [0.25, 0.3) is 0 Å². The van der Waals surface area contributed by atoms with E-state index in [-0.39, 0.29) is 0 Å². The highest BCUT2D eigenvalue weighted by Gasteiger charge is 2.15. The molecule has 0 spiro atoms. The van der Waals surface area contributed by atoms with Gasteiger partial charge in [0.05, 0.1) is 0 Å². The lowest BCUT2D eigenvalue weighted by atomic mass is 9.94. The van der Waals surface area contributed by atoms with Gasteiger partial charge in [-0.1, -0.05) is 66.2 Å². The average molecular weight is 333 g/mol. The molecule has 0 saturated carbocycles. The van der Waals surface area contributed by atoms with Crippen molar-refractivity contribution in [2.24, 2.45) is 0 Å². The molecule has 0 aromatic heterocycles.